The van der Waals surface area contributed by atoms with Crippen molar-refractivity contribution in [3.8, 4) is 56.2 Å². The van der Waals surface area contributed by atoms with Crippen LogP contribution < -0.4 is 0 Å². The fourth-order valence-electron chi connectivity index (χ4n) is 8.26. The first-order valence-electron chi connectivity index (χ1n) is 17.2. The van der Waals surface area contributed by atoms with E-state index >= 15 is 0 Å². The van der Waals surface area contributed by atoms with Gasteiger partial charge in [0.2, 0.25) is 0 Å². The first-order valence-corrected chi connectivity index (χ1v) is 17.2. The molecule has 0 saturated heterocycles. The molecule has 2 heterocycles. The molecule has 0 amide bonds. The van der Waals surface area contributed by atoms with Crippen molar-refractivity contribution in [2.75, 3.05) is 0 Å². The number of aromatic nitrogens is 2. The molecule has 0 N–H and O–H groups in total. The van der Waals surface area contributed by atoms with Gasteiger partial charge in [-0.05, 0) is 62.4 Å². The molecule has 0 unspecified atom stereocenters. The van der Waals surface area contributed by atoms with Crippen LogP contribution in [0.15, 0.2) is 162 Å². The van der Waals surface area contributed by atoms with Crippen LogP contribution in [-0.4, -0.2) is 9.97 Å². The third-order valence-corrected chi connectivity index (χ3v) is 10.5. The van der Waals surface area contributed by atoms with E-state index in [1.807, 2.05) is 42.5 Å². The minimum atomic E-state index is -0.118. The highest BCUT2D eigenvalue weighted by Crippen LogP contribution is 2.53. The van der Waals surface area contributed by atoms with Crippen molar-refractivity contribution in [3.63, 3.8) is 0 Å². The number of hydrogen-bond acceptors (Lipinski definition) is 3. The van der Waals surface area contributed by atoms with Crippen molar-refractivity contribution in [1.82, 2.24) is 9.97 Å². The number of hydrogen-bond donors (Lipinski definition) is 0. The van der Waals surface area contributed by atoms with Crippen LogP contribution in [0, 0.1) is 0 Å². The normalized spacial score (nSPS) is 13.2. The van der Waals surface area contributed by atoms with Crippen molar-refractivity contribution >= 4 is 32.7 Å². The van der Waals surface area contributed by atoms with Gasteiger partial charge in [0.1, 0.15) is 11.2 Å². The van der Waals surface area contributed by atoms with Gasteiger partial charge in [0.15, 0.2) is 5.82 Å². The molecule has 10 rings (SSSR count). The summed E-state index contributed by atoms with van der Waals surface area (Å²) in [4.78, 5) is 10.5. The van der Waals surface area contributed by atoms with Crippen molar-refractivity contribution in [3.05, 3.63) is 169 Å². The highest BCUT2D eigenvalue weighted by atomic mass is 16.3. The molecule has 1 aliphatic rings. The molecule has 236 valence electrons. The van der Waals surface area contributed by atoms with Gasteiger partial charge in [0.25, 0.3) is 0 Å². The van der Waals surface area contributed by atoms with Gasteiger partial charge in [-0.15, -0.1) is 0 Å². The van der Waals surface area contributed by atoms with E-state index in [9.17, 15) is 0 Å². The molecule has 0 radical (unpaired) electrons. The molecule has 0 atom stereocenters. The fourth-order valence-corrected chi connectivity index (χ4v) is 8.26. The minimum Gasteiger partial charge on any atom is -0.456 e. The summed E-state index contributed by atoms with van der Waals surface area (Å²) < 4.78 is 6.28. The number of furan rings is 1. The summed E-state index contributed by atoms with van der Waals surface area (Å²) in [6.07, 6.45) is 0. The monoisotopic (exact) mass is 640 g/mol. The molecule has 0 aliphatic heterocycles. The lowest BCUT2D eigenvalue weighted by Crippen LogP contribution is -2.16. The average Bonchev–Trinajstić information content (AvgIpc) is 3.67. The van der Waals surface area contributed by atoms with E-state index in [-0.39, 0.29) is 5.41 Å². The summed E-state index contributed by atoms with van der Waals surface area (Å²) in [5, 5.41) is 4.50. The van der Waals surface area contributed by atoms with E-state index in [1.54, 1.807) is 0 Å². The van der Waals surface area contributed by atoms with Crippen molar-refractivity contribution in [2.24, 2.45) is 0 Å². The molecular formula is C47H32N2O. The average molecular weight is 641 g/mol. The molecule has 3 heteroatoms. The zero-order valence-electron chi connectivity index (χ0n) is 27.8. The lowest BCUT2D eigenvalue weighted by molar-refractivity contribution is 0.662. The third kappa shape index (κ3) is 4.23. The highest BCUT2D eigenvalue weighted by molar-refractivity contribution is 6.12. The molecule has 0 saturated carbocycles. The predicted molar refractivity (Wildman–Crippen MR) is 206 cm³/mol. The van der Waals surface area contributed by atoms with E-state index in [1.165, 1.54) is 38.8 Å². The highest BCUT2D eigenvalue weighted by Gasteiger charge is 2.37. The second-order valence-corrected chi connectivity index (χ2v) is 13.7. The Labute approximate surface area is 290 Å². The maximum absolute atomic E-state index is 6.28. The summed E-state index contributed by atoms with van der Waals surface area (Å²) in [7, 11) is 0. The lowest BCUT2D eigenvalue weighted by Gasteiger charge is -2.25. The Morgan fingerprint density at radius 1 is 0.440 bits per heavy atom. The van der Waals surface area contributed by atoms with Gasteiger partial charge >= 0.3 is 0 Å². The van der Waals surface area contributed by atoms with Crippen LogP contribution in [0.5, 0.6) is 0 Å². The quantitative estimate of drug-likeness (QED) is 0.192. The Morgan fingerprint density at radius 2 is 1.00 bits per heavy atom. The summed E-state index contributed by atoms with van der Waals surface area (Å²) >= 11 is 0. The van der Waals surface area contributed by atoms with E-state index in [0.717, 1.165) is 55.4 Å². The Balaban J connectivity index is 1.21. The maximum Gasteiger partial charge on any atom is 0.160 e. The van der Waals surface area contributed by atoms with Crippen LogP contribution in [0.1, 0.15) is 25.0 Å². The molecule has 0 fully saturated rings. The standard InChI is InChI=1S/C47H32N2O/c1-47(2)39-23-10-8-18-33(39)36-21-12-20-35(45(36)47)32-26-27-34(31-17-7-6-16-30(31)32)40-28-41(49-46(48-40)29-14-4-3-5-15-29)37-22-13-25-43-44(37)38-19-9-11-24-42(38)50-43/h3-28H,1-2H3. The molecule has 2 aromatic heterocycles. The van der Waals surface area contributed by atoms with Gasteiger partial charge in [0, 0.05) is 32.9 Å². The third-order valence-electron chi connectivity index (χ3n) is 10.5. The smallest absolute Gasteiger partial charge is 0.160 e. The molecule has 9 aromatic rings. The van der Waals surface area contributed by atoms with E-state index < -0.39 is 0 Å². The van der Waals surface area contributed by atoms with Gasteiger partial charge < -0.3 is 4.42 Å². The maximum atomic E-state index is 6.28. The lowest BCUT2D eigenvalue weighted by atomic mass is 9.78. The summed E-state index contributed by atoms with van der Waals surface area (Å²) in [5.74, 6) is 0.691. The van der Waals surface area contributed by atoms with Gasteiger partial charge in [0.05, 0.1) is 11.4 Å². The molecule has 3 nitrogen and oxygen atoms in total. The Kier molecular flexibility index (Phi) is 6.22. The van der Waals surface area contributed by atoms with Crippen LogP contribution in [-0.2, 0) is 5.41 Å². The van der Waals surface area contributed by atoms with E-state index in [0.29, 0.717) is 5.82 Å². The largest absolute Gasteiger partial charge is 0.456 e. The zero-order chi connectivity index (χ0) is 33.4. The Bertz CT molecular complexity index is 2790. The van der Waals surface area contributed by atoms with E-state index in [2.05, 4.69) is 129 Å². The van der Waals surface area contributed by atoms with E-state index in [4.69, 9.17) is 14.4 Å². The summed E-state index contributed by atoms with van der Waals surface area (Å²) in [6.45, 7) is 4.71. The number of para-hydroxylation sites is 1. The van der Waals surface area contributed by atoms with Gasteiger partial charge in [-0.3, -0.25) is 0 Å². The number of nitrogens with zero attached hydrogens (tertiary/aromatic N) is 2. The topological polar surface area (TPSA) is 38.9 Å². The van der Waals surface area contributed by atoms with Gasteiger partial charge in [-0.25, -0.2) is 9.97 Å². The van der Waals surface area contributed by atoms with Crippen molar-refractivity contribution in [1.29, 1.82) is 0 Å². The van der Waals surface area contributed by atoms with Crippen LogP contribution in [0.3, 0.4) is 0 Å². The van der Waals surface area contributed by atoms with Crippen LogP contribution in [0.2, 0.25) is 0 Å². The Morgan fingerprint density at radius 3 is 1.82 bits per heavy atom. The van der Waals surface area contributed by atoms with Crippen LogP contribution in [0.25, 0.3) is 88.9 Å². The second kappa shape index (κ2) is 10.8. The number of fused-ring (bicyclic) bond motifs is 7. The van der Waals surface area contributed by atoms with Gasteiger partial charge in [-0.1, -0.05) is 153 Å². The van der Waals surface area contributed by atoms with Gasteiger partial charge in [-0.2, -0.15) is 0 Å². The van der Waals surface area contributed by atoms with Crippen LogP contribution in [0.4, 0.5) is 0 Å². The molecule has 7 aromatic carbocycles. The number of rotatable bonds is 4. The molecule has 0 spiro atoms. The predicted octanol–water partition coefficient (Wildman–Crippen LogP) is 12.5. The zero-order valence-corrected chi connectivity index (χ0v) is 27.8. The second-order valence-electron chi connectivity index (χ2n) is 13.7. The summed E-state index contributed by atoms with van der Waals surface area (Å²) in [5.41, 5.74) is 14.3. The number of benzene rings is 7. The van der Waals surface area contributed by atoms with Crippen molar-refractivity contribution in [2.45, 2.75) is 19.3 Å². The Hall–Kier alpha value is -6.32. The SMILES string of the molecule is CC1(C)c2ccccc2-c2cccc(-c3ccc(-c4cc(-c5cccc6oc7ccccc7c56)nc(-c5ccccc5)n4)c4ccccc34)c21. The molecule has 1 aliphatic carbocycles. The molecular weight excluding hydrogens is 609 g/mol. The molecule has 0 bridgehead atoms. The minimum absolute atomic E-state index is 0.118. The molecule has 50 heavy (non-hydrogen) atoms. The summed E-state index contributed by atoms with van der Waals surface area (Å²) in [6, 6.07) is 55.8. The van der Waals surface area contributed by atoms with Crippen molar-refractivity contribution < 1.29 is 4.42 Å². The first-order chi connectivity index (χ1) is 24.6. The first kappa shape index (κ1) is 28.7. The van der Waals surface area contributed by atoms with Crippen LogP contribution >= 0.6 is 0 Å². The fraction of sp³-hybridized carbons (Fsp3) is 0.0638.